The monoisotopic (exact) mass is 242 g/mol. The van der Waals surface area contributed by atoms with E-state index < -0.39 is 10.8 Å². The minimum Gasteiger partial charge on any atom is -0.326 e. The van der Waals surface area contributed by atoms with E-state index in [1.807, 2.05) is 18.2 Å². The molecule has 0 amide bonds. The average molecular weight is 242 g/mol. The summed E-state index contributed by atoms with van der Waals surface area (Å²) in [6.45, 7) is 1.84. The van der Waals surface area contributed by atoms with E-state index in [-0.39, 0.29) is 0 Å². The Morgan fingerprint density at radius 3 is 2.44 bits per heavy atom. The zero-order valence-corrected chi connectivity index (χ0v) is 9.99. The molecule has 16 heavy (non-hydrogen) atoms. The zero-order chi connectivity index (χ0) is 11.6. The number of nitrogens with zero attached hydrogens (tertiary/aromatic N) is 1. The minimum atomic E-state index is -2.83. The van der Waals surface area contributed by atoms with Gasteiger partial charge >= 0.3 is 0 Å². The maximum Gasteiger partial charge on any atom is 0.0797 e. The van der Waals surface area contributed by atoms with Crippen LogP contribution < -0.4 is 5.73 Å². The van der Waals surface area contributed by atoms with Gasteiger partial charge in [-0.05, 0) is 24.5 Å². The van der Waals surface area contributed by atoms with Crippen LogP contribution in [0.15, 0.2) is 29.2 Å². The van der Waals surface area contributed by atoms with E-state index in [1.54, 1.807) is 10.4 Å². The van der Waals surface area contributed by atoms with Gasteiger partial charge < -0.3 is 5.73 Å². The summed E-state index contributed by atoms with van der Waals surface area (Å²) in [5.41, 5.74) is 6.43. The lowest BCUT2D eigenvalue weighted by Crippen LogP contribution is -2.25. The number of rotatable bonds is 3. The van der Waals surface area contributed by atoms with Crippen molar-refractivity contribution in [3.05, 3.63) is 29.8 Å². The number of hydrogen-bond donors (Lipinski definition) is 3. The van der Waals surface area contributed by atoms with Crippen LogP contribution in [0.4, 0.5) is 0 Å². The standard InChI is InChI=1S/C11H18N2O2S/c12-9-10-5-1-2-6-11(10)16(14,15)13-7-3-4-8-13/h1-2,5-6,14-15H,3-4,7-9,12H2. The van der Waals surface area contributed by atoms with Gasteiger partial charge in [-0.25, -0.2) is 4.31 Å². The zero-order valence-electron chi connectivity index (χ0n) is 9.17. The van der Waals surface area contributed by atoms with E-state index >= 15 is 0 Å². The van der Waals surface area contributed by atoms with Crippen molar-refractivity contribution in [1.29, 1.82) is 0 Å². The van der Waals surface area contributed by atoms with Crippen molar-refractivity contribution in [3.8, 4) is 0 Å². The molecule has 0 aliphatic carbocycles. The summed E-state index contributed by atoms with van der Waals surface area (Å²) in [6.07, 6.45) is 2.06. The van der Waals surface area contributed by atoms with E-state index in [1.165, 1.54) is 0 Å². The second kappa shape index (κ2) is 4.73. The van der Waals surface area contributed by atoms with Crippen molar-refractivity contribution in [2.24, 2.45) is 5.73 Å². The van der Waals surface area contributed by atoms with Gasteiger partial charge in [0, 0.05) is 19.6 Å². The first-order chi connectivity index (χ1) is 7.66. The third-order valence-corrected chi connectivity index (χ3v) is 4.99. The van der Waals surface area contributed by atoms with E-state index in [0.29, 0.717) is 11.4 Å². The highest BCUT2D eigenvalue weighted by molar-refractivity contribution is 8.22. The van der Waals surface area contributed by atoms with Gasteiger partial charge in [0.25, 0.3) is 0 Å². The molecule has 4 N–H and O–H groups in total. The van der Waals surface area contributed by atoms with E-state index in [9.17, 15) is 9.11 Å². The summed E-state index contributed by atoms with van der Waals surface area (Å²) in [7, 11) is -2.83. The van der Waals surface area contributed by atoms with Gasteiger partial charge in [-0.3, -0.25) is 9.11 Å². The predicted octanol–water partition coefficient (Wildman–Crippen LogP) is 2.27. The highest BCUT2D eigenvalue weighted by atomic mass is 32.3. The Morgan fingerprint density at radius 2 is 1.81 bits per heavy atom. The van der Waals surface area contributed by atoms with Crippen LogP contribution in [0.3, 0.4) is 0 Å². The molecule has 90 valence electrons. The van der Waals surface area contributed by atoms with Gasteiger partial charge in [0.1, 0.15) is 0 Å². The molecular formula is C11H18N2O2S. The molecular weight excluding hydrogens is 224 g/mol. The molecule has 4 nitrogen and oxygen atoms in total. The maximum atomic E-state index is 10.3. The van der Waals surface area contributed by atoms with Gasteiger partial charge in [-0.2, -0.15) is 0 Å². The van der Waals surface area contributed by atoms with Gasteiger partial charge in [0.05, 0.1) is 4.90 Å². The van der Waals surface area contributed by atoms with Crippen molar-refractivity contribution in [3.63, 3.8) is 0 Å². The quantitative estimate of drug-likeness (QED) is 0.760. The van der Waals surface area contributed by atoms with Crippen molar-refractivity contribution in [2.75, 3.05) is 13.1 Å². The maximum absolute atomic E-state index is 10.3. The topological polar surface area (TPSA) is 69.7 Å². The Bertz CT molecular complexity index is 365. The lowest BCUT2D eigenvalue weighted by atomic mass is 10.2. The molecule has 1 aliphatic rings. The molecule has 2 rings (SSSR count). The van der Waals surface area contributed by atoms with Crippen LogP contribution in [0.1, 0.15) is 18.4 Å². The molecule has 0 aromatic heterocycles. The fourth-order valence-electron chi connectivity index (χ4n) is 2.02. The summed E-state index contributed by atoms with van der Waals surface area (Å²) in [5.74, 6) is 0. The molecule has 1 saturated heterocycles. The van der Waals surface area contributed by atoms with E-state index in [0.717, 1.165) is 31.5 Å². The number of benzene rings is 1. The fourth-order valence-corrected chi connectivity index (χ4v) is 3.83. The van der Waals surface area contributed by atoms with Crippen LogP contribution in [0, 0.1) is 0 Å². The van der Waals surface area contributed by atoms with Gasteiger partial charge in [-0.1, -0.05) is 18.2 Å². The van der Waals surface area contributed by atoms with Gasteiger partial charge in [-0.15, -0.1) is 10.8 Å². The van der Waals surface area contributed by atoms with Crippen LogP contribution in [-0.2, 0) is 6.54 Å². The van der Waals surface area contributed by atoms with Crippen LogP contribution in [0.2, 0.25) is 0 Å². The number of nitrogens with two attached hydrogens (primary N) is 1. The van der Waals surface area contributed by atoms with Crippen LogP contribution in [-0.4, -0.2) is 26.5 Å². The van der Waals surface area contributed by atoms with Gasteiger partial charge in [0.15, 0.2) is 0 Å². The molecule has 5 heteroatoms. The van der Waals surface area contributed by atoms with Crippen molar-refractivity contribution in [2.45, 2.75) is 24.3 Å². The summed E-state index contributed by atoms with van der Waals surface area (Å²) in [4.78, 5) is 0.583. The first kappa shape index (κ1) is 11.9. The minimum absolute atomic E-state index is 0.333. The molecule has 0 radical (unpaired) electrons. The fraction of sp³-hybridized carbons (Fsp3) is 0.455. The van der Waals surface area contributed by atoms with E-state index in [4.69, 9.17) is 5.73 Å². The molecule has 1 fully saturated rings. The highest BCUT2D eigenvalue weighted by Crippen LogP contribution is 2.54. The Hall–Kier alpha value is -0.590. The second-order valence-electron chi connectivity index (χ2n) is 3.97. The summed E-state index contributed by atoms with van der Waals surface area (Å²) >= 11 is 0. The predicted molar refractivity (Wildman–Crippen MR) is 66.3 cm³/mol. The first-order valence-corrected chi connectivity index (χ1v) is 6.98. The third kappa shape index (κ3) is 2.09. The molecule has 1 aromatic carbocycles. The average Bonchev–Trinajstić information content (AvgIpc) is 2.83. The third-order valence-electron chi connectivity index (χ3n) is 2.91. The molecule has 1 aliphatic heterocycles. The highest BCUT2D eigenvalue weighted by Gasteiger charge is 2.29. The summed E-state index contributed by atoms with van der Waals surface area (Å²) in [6, 6.07) is 7.29. The number of hydrogen-bond acceptors (Lipinski definition) is 4. The molecule has 0 atom stereocenters. The Kier molecular flexibility index (Phi) is 3.51. The smallest absolute Gasteiger partial charge is 0.0797 e. The normalized spacial score (nSPS) is 18.9. The van der Waals surface area contributed by atoms with Crippen molar-refractivity contribution < 1.29 is 9.11 Å². The van der Waals surface area contributed by atoms with E-state index in [2.05, 4.69) is 0 Å². The lowest BCUT2D eigenvalue weighted by molar-refractivity contribution is 0.385. The molecule has 0 saturated carbocycles. The van der Waals surface area contributed by atoms with Crippen LogP contribution in [0.25, 0.3) is 0 Å². The lowest BCUT2D eigenvalue weighted by Gasteiger charge is -2.41. The van der Waals surface area contributed by atoms with Crippen molar-refractivity contribution in [1.82, 2.24) is 4.31 Å². The first-order valence-electron chi connectivity index (χ1n) is 5.47. The van der Waals surface area contributed by atoms with Crippen molar-refractivity contribution >= 4 is 10.8 Å². The molecule has 1 aromatic rings. The Balaban J connectivity index is 2.33. The SMILES string of the molecule is NCc1ccccc1S(O)(O)N1CCCC1. The molecule has 0 spiro atoms. The summed E-state index contributed by atoms with van der Waals surface area (Å²) in [5, 5.41) is 0. The Labute approximate surface area is 97.6 Å². The Morgan fingerprint density at radius 1 is 1.19 bits per heavy atom. The molecule has 0 bridgehead atoms. The van der Waals surface area contributed by atoms with Crippen LogP contribution >= 0.6 is 10.8 Å². The second-order valence-corrected chi connectivity index (χ2v) is 5.96. The largest absolute Gasteiger partial charge is 0.326 e. The molecule has 0 unspecified atom stereocenters. The molecule has 1 heterocycles. The van der Waals surface area contributed by atoms with Gasteiger partial charge in [0.2, 0.25) is 0 Å². The summed E-state index contributed by atoms with van der Waals surface area (Å²) < 4.78 is 22.4. The van der Waals surface area contributed by atoms with Crippen LogP contribution in [0.5, 0.6) is 0 Å².